The molecule has 0 aromatic heterocycles. The summed E-state index contributed by atoms with van der Waals surface area (Å²) in [5.74, 6) is 0. The van der Waals surface area contributed by atoms with Crippen molar-refractivity contribution in [3.8, 4) is 0 Å². The number of hydrogen-bond donors (Lipinski definition) is 0. The third-order valence-corrected chi connectivity index (χ3v) is 2.13. The highest BCUT2D eigenvalue weighted by Gasteiger charge is 1.93. The molecule has 1 aliphatic carbocycles. The summed E-state index contributed by atoms with van der Waals surface area (Å²) in [6.45, 7) is 0. The van der Waals surface area contributed by atoms with Crippen LogP contribution in [0, 0.1) is 0 Å². The summed E-state index contributed by atoms with van der Waals surface area (Å²) in [5, 5.41) is 0. The molecule has 0 saturated carbocycles. The van der Waals surface area contributed by atoms with Gasteiger partial charge in [-0.2, -0.15) is 0 Å². The highest BCUT2D eigenvalue weighted by atomic mass is 127. The second-order valence-electron chi connectivity index (χ2n) is 1.43. The van der Waals surface area contributed by atoms with Crippen molar-refractivity contribution >= 4 is 45.2 Å². The fourth-order valence-corrected chi connectivity index (χ4v) is 1.22. The third-order valence-electron chi connectivity index (χ3n) is 0.881. The molecule has 1 aliphatic rings. The Morgan fingerprint density at radius 2 is 1.62 bits per heavy atom. The van der Waals surface area contributed by atoms with Gasteiger partial charge in [-0.3, -0.25) is 0 Å². The summed E-state index contributed by atoms with van der Waals surface area (Å²) >= 11 is 4.62. The van der Waals surface area contributed by atoms with E-state index in [9.17, 15) is 0 Å². The van der Waals surface area contributed by atoms with Gasteiger partial charge in [-0.1, -0.05) is 24.3 Å². The second-order valence-corrected chi connectivity index (χ2v) is 5.66. The van der Waals surface area contributed by atoms with Gasteiger partial charge in [-0.25, -0.2) is 0 Å². The summed E-state index contributed by atoms with van der Waals surface area (Å²) in [5.41, 5.74) is 1.33. The van der Waals surface area contributed by atoms with Gasteiger partial charge in [0.25, 0.3) is 0 Å². The van der Waals surface area contributed by atoms with Gasteiger partial charge in [-0.05, 0) is 50.8 Å². The third kappa shape index (κ3) is 1.58. The lowest BCUT2D eigenvalue weighted by molar-refractivity contribution is 1.84. The first-order chi connectivity index (χ1) is 3.80. The molecule has 0 aromatic rings. The molecule has 0 heterocycles. The minimum absolute atomic E-state index is 1.32. The highest BCUT2D eigenvalue weighted by Crippen LogP contribution is 2.24. The van der Waals surface area contributed by atoms with Gasteiger partial charge in [0.1, 0.15) is 0 Å². The Morgan fingerprint density at radius 3 is 1.88 bits per heavy atom. The minimum Gasteiger partial charge on any atom is -0.0616 e. The van der Waals surface area contributed by atoms with Crippen LogP contribution in [0.5, 0.6) is 0 Å². The van der Waals surface area contributed by atoms with Crippen molar-refractivity contribution in [3.63, 3.8) is 0 Å². The molecule has 8 heavy (non-hydrogen) atoms. The van der Waals surface area contributed by atoms with Crippen molar-refractivity contribution < 1.29 is 0 Å². The van der Waals surface area contributed by atoms with Gasteiger partial charge in [0, 0.05) is 0 Å². The van der Waals surface area contributed by atoms with Crippen molar-refractivity contribution in [2.45, 2.75) is 0 Å². The van der Waals surface area contributed by atoms with Crippen molar-refractivity contribution in [2.24, 2.45) is 0 Å². The van der Waals surface area contributed by atoms with Crippen LogP contribution >= 0.6 is 45.2 Å². The molecule has 1 rings (SSSR count). The van der Waals surface area contributed by atoms with Crippen molar-refractivity contribution in [1.82, 2.24) is 0 Å². The first-order valence-corrected chi connectivity index (χ1v) is 4.36. The zero-order valence-electron chi connectivity index (χ0n) is 4.07. The van der Waals surface area contributed by atoms with E-state index in [4.69, 9.17) is 0 Å². The molecule has 0 spiro atoms. The molecular formula is C6H4I2. The predicted molar refractivity (Wildman–Crippen MR) is 53.3 cm³/mol. The molecule has 0 bridgehead atoms. The summed E-state index contributed by atoms with van der Waals surface area (Å²) in [7, 11) is 0. The average Bonchev–Trinajstić information content (AvgIpc) is 2.12. The van der Waals surface area contributed by atoms with Gasteiger partial charge >= 0.3 is 0 Å². The van der Waals surface area contributed by atoms with Gasteiger partial charge in [0.05, 0.1) is 1.59 Å². The van der Waals surface area contributed by atoms with Gasteiger partial charge in [0.15, 0.2) is 0 Å². The van der Waals surface area contributed by atoms with E-state index in [1.54, 1.807) is 0 Å². The molecule has 42 valence electrons. The second kappa shape index (κ2) is 3.00. The molecule has 0 radical (unpaired) electrons. The van der Waals surface area contributed by atoms with E-state index in [0.29, 0.717) is 0 Å². The Morgan fingerprint density at radius 1 is 1.12 bits per heavy atom. The topological polar surface area (TPSA) is 0 Å². The van der Waals surface area contributed by atoms with E-state index >= 15 is 0 Å². The Hall–Kier alpha value is 0.680. The van der Waals surface area contributed by atoms with Crippen LogP contribution < -0.4 is 0 Å². The lowest BCUT2D eigenvalue weighted by Crippen LogP contribution is -1.62. The Kier molecular flexibility index (Phi) is 2.55. The molecule has 0 nitrogen and oxygen atoms in total. The maximum Gasteiger partial charge on any atom is 0.0586 e. The lowest BCUT2D eigenvalue weighted by Gasteiger charge is -1.85. The molecule has 0 atom stereocenters. The van der Waals surface area contributed by atoms with Crippen LogP contribution in [-0.4, -0.2) is 0 Å². The Labute approximate surface area is 76.0 Å². The number of hydrogen-bond acceptors (Lipinski definition) is 0. The molecule has 0 saturated heterocycles. The number of rotatable bonds is 0. The SMILES string of the molecule is IC(I)=C1C=CC=C1. The fourth-order valence-electron chi connectivity index (χ4n) is 0.500. The molecule has 0 fully saturated rings. The largest absolute Gasteiger partial charge is 0.0616 e. The van der Waals surface area contributed by atoms with Crippen LogP contribution in [0.25, 0.3) is 0 Å². The van der Waals surface area contributed by atoms with Crippen LogP contribution in [0.4, 0.5) is 0 Å². The average molecular weight is 330 g/mol. The van der Waals surface area contributed by atoms with Crippen LogP contribution in [0.2, 0.25) is 0 Å². The summed E-state index contributed by atoms with van der Waals surface area (Å²) in [6.07, 6.45) is 8.31. The van der Waals surface area contributed by atoms with Crippen molar-refractivity contribution in [1.29, 1.82) is 0 Å². The van der Waals surface area contributed by atoms with Crippen molar-refractivity contribution in [2.75, 3.05) is 0 Å². The van der Waals surface area contributed by atoms with Crippen LogP contribution in [0.1, 0.15) is 0 Å². The van der Waals surface area contributed by atoms with E-state index in [2.05, 4.69) is 57.3 Å². The van der Waals surface area contributed by atoms with Gasteiger partial charge < -0.3 is 0 Å². The van der Waals surface area contributed by atoms with E-state index in [-0.39, 0.29) is 0 Å². The smallest absolute Gasteiger partial charge is 0.0586 e. The Bertz CT molecular complexity index is 157. The lowest BCUT2D eigenvalue weighted by atomic mass is 10.4. The zero-order chi connectivity index (χ0) is 5.98. The number of halogens is 2. The van der Waals surface area contributed by atoms with E-state index in [1.165, 1.54) is 7.16 Å². The maximum absolute atomic E-state index is 2.31. The molecule has 0 unspecified atom stereocenters. The fraction of sp³-hybridized carbons (Fsp3) is 0. The molecule has 0 amide bonds. The minimum atomic E-state index is 1.32. The molecule has 0 aliphatic heterocycles. The molecule has 0 aromatic carbocycles. The van der Waals surface area contributed by atoms with Crippen LogP contribution in [-0.2, 0) is 0 Å². The predicted octanol–water partition coefficient (Wildman–Crippen LogP) is 3.19. The molecule has 0 N–H and O–H groups in total. The number of allylic oxidation sites excluding steroid dienone is 5. The van der Waals surface area contributed by atoms with Crippen LogP contribution in [0.15, 0.2) is 31.5 Å². The maximum atomic E-state index is 2.31. The quantitative estimate of drug-likeness (QED) is 0.599. The molecule has 2 heteroatoms. The first-order valence-electron chi connectivity index (χ1n) is 2.21. The van der Waals surface area contributed by atoms with Gasteiger partial charge in [0.2, 0.25) is 0 Å². The standard InChI is InChI=1S/C6H4I2/c7-6(8)5-3-1-2-4-5/h1-4H. The summed E-state index contributed by atoms with van der Waals surface area (Å²) < 4.78 is 1.32. The van der Waals surface area contributed by atoms with Crippen molar-refractivity contribution in [3.05, 3.63) is 31.5 Å². The Balaban J connectivity index is 2.90. The summed E-state index contributed by atoms with van der Waals surface area (Å²) in [6, 6.07) is 0. The zero-order valence-corrected chi connectivity index (χ0v) is 8.38. The van der Waals surface area contributed by atoms with E-state index < -0.39 is 0 Å². The van der Waals surface area contributed by atoms with E-state index in [0.717, 1.165) is 0 Å². The molecular weight excluding hydrogens is 326 g/mol. The first kappa shape index (κ1) is 6.80. The monoisotopic (exact) mass is 330 g/mol. The summed E-state index contributed by atoms with van der Waals surface area (Å²) in [4.78, 5) is 0. The van der Waals surface area contributed by atoms with E-state index in [1.807, 2.05) is 12.2 Å². The van der Waals surface area contributed by atoms with Gasteiger partial charge in [-0.15, -0.1) is 0 Å². The highest BCUT2D eigenvalue weighted by molar-refractivity contribution is 14.2. The van der Waals surface area contributed by atoms with Crippen LogP contribution in [0.3, 0.4) is 0 Å². The normalized spacial score (nSPS) is 15.5.